The molecule has 2 aliphatic heterocycles. The van der Waals surface area contributed by atoms with Gasteiger partial charge in [-0.25, -0.2) is 4.99 Å². The second-order valence-electron chi connectivity index (χ2n) is 4.47. The van der Waals surface area contributed by atoms with Crippen molar-refractivity contribution in [3.63, 3.8) is 0 Å². The lowest BCUT2D eigenvalue weighted by molar-refractivity contribution is -0.124. The lowest BCUT2D eigenvalue weighted by Crippen LogP contribution is -2.54. The highest BCUT2D eigenvalue weighted by Crippen LogP contribution is 2.38. The van der Waals surface area contributed by atoms with Crippen LogP contribution in [0, 0.1) is 0 Å². The smallest absolute Gasteiger partial charge is 0.164 e. The summed E-state index contributed by atoms with van der Waals surface area (Å²) in [5.74, 6) is 1.31. The van der Waals surface area contributed by atoms with Gasteiger partial charge in [-0.05, 0) is 12.8 Å². The molecule has 0 aromatic carbocycles. The minimum atomic E-state index is 0.0362. The van der Waals surface area contributed by atoms with Crippen LogP contribution in [0.1, 0.15) is 25.7 Å². The Balaban J connectivity index is 1.87. The van der Waals surface area contributed by atoms with Crippen LogP contribution in [-0.4, -0.2) is 35.6 Å². The van der Waals surface area contributed by atoms with Gasteiger partial charge in [0.25, 0.3) is 0 Å². The summed E-state index contributed by atoms with van der Waals surface area (Å²) >= 11 is 0. The molecule has 1 saturated carbocycles. The van der Waals surface area contributed by atoms with E-state index in [1.165, 1.54) is 0 Å². The molecule has 0 radical (unpaired) electrons. The van der Waals surface area contributed by atoms with Crippen LogP contribution in [0.5, 0.6) is 0 Å². The molecule has 0 amide bonds. The van der Waals surface area contributed by atoms with Crippen molar-refractivity contribution in [1.29, 1.82) is 0 Å². The van der Waals surface area contributed by atoms with Crippen molar-refractivity contribution in [2.45, 2.75) is 31.2 Å². The number of ketones is 1. The largest absolute Gasteiger partial charge is 0.495 e. The minimum Gasteiger partial charge on any atom is -0.495 e. The van der Waals surface area contributed by atoms with Gasteiger partial charge in [-0.2, -0.15) is 0 Å². The van der Waals surface area contributed by atoms with Gasteiger partial charge < -0.3 is 9.64 Å². The Bertz CT molecular complexity index is 350. The van der Waals surface area contributed by atoms with E-state index in [-0.39, 0.29) is 5.54 Å². The van der Waals surface area contributed by atoms with E-state index in [1.807, 2.05) is 6.21 Å². The van der Waals surface area contributed by atoms with Gasteiger partial charge in [0, 0.05) is 19.1 Å². The molecule has 0 N–H and O–H groups in total. The van der Waals surface area contributed by atoms with Crippen molar-refractivity contribution >= 4 is 12.0 Å². The maximum Gasteiger partial charge on any atom is 0.164 e. The molecule has 3 rings (SSSR count). The van der Waals surface area contributed by atoms with E-state index in [1.54, 1.807) is 6.26 Å². The van der Waals surface area contributed by atoms with Crippen LogP contribution in [-0.2, 0) is 9.53 Å². The molecule has 1 aliphatic carbocycles. The SMILES string of the molecule is O=C1CCC2(CC1)COC=C1N=CCN12. The third-order valence-electron chi connectivity index (χ3n) is 3.62. The molecule has 4 nitrogen and oxygen atoms in total. The Morgan fingerprint density at radius 2 is 2.20 bits per heavy atom. The van der Waals surface area contributed by atoms with Crippen LogP contribution >= 0.6 is 0 Å². The summed E-state index contributed by atoms with van der Waals surface area (Å²) in [4.78, 5) is 17.8. The molecule has 0 atom stereocenters. The maximum atomic E-state index is 11.3. The number of carbonyl (C=O) groups excluding carboxylic acids is 1. The molecule has 80 valence electrons. The summed E-state index contributed by atoms with van der Waals surface area (Å²) in [6.45, 7) is 1.57. The van der Waals surface area contributed by atoms with Gasteiger partial charge in [0.1, 0.15) is 18.7 Å². The molecule has 15 heavy (non-hydrogen) atoms. The Kier molecular flexibility index (Phi) is 1.84. The summed E-state index contributed by atoms with van der Waals surface area (Å²) < 4.78 is 5.48. The van der Waals surface area contributed by atoms with Crippen LogP contribution in [0.4, 0.5) is 0 Å². The molecule has 1 spiro atoms. The number of rotatable bonds is 0. The summed E-state index contributed by atoms with van der Waals surface area (Å²) in [7, 11) is 0. The number of fused-ring (bicyclic) bond motifs is 2. The minimum absolute atomic E-state index is 0.0362. The van der Waals surface area contributed by atoms with Crippen LogP contribution in [0.2, 0.25) is 0 Å². The van der Waals surface area contributed by atoms with Crippen molar-refractivity contribution in [3.05, 3.63) is 12.1 Å². The first-order chi connectivity index (χ1) is 7.30. The van der Waals surface area contributed by atoms with Gasteiger partial charge in [-0.1, -0.05) is 0 Å². The Labute approximate surface area is 88.6 Å². The van der Waals surface area contributed by atoms with Gasteiger partial charge in [0.2, 0.25) is 0 Å². The van der Waals surface area contributed by atoms with Crippen molar-refractivity contribution in [2.24, 2.45) is 4.99 Å². The predicted molar refractivity (Wildman–Crippen MR) is 55.4 cm³/mol. The Morgan fingerprint density at radius 3 is 3.00 bits per heavy atom. The zero-order valence-corrected chi connectivity index (χ0v) is 8.61. The number of hydrogen-bond acceptors (Lipinski definition) is 4. The first-order valence-corrected chi connectivity index (χ1v) is 5.44. The predicted octanol–water partition coefficient (Wildman–Crippen LogP) is 1.08. The highest BCUT2D eigenvalue weighted by molar-refractivity contribution is 5.79. The zero-order valence-electron chi connectivity index (χ0n) is 8.61. The van der Waals surface area contributed by atoms with Crippen LogP contribution in [0.25, 0.3) is 0 Å². The number of Topliss-reactive ketones (excluding diaryl/α,β-unsaturated/α-hetero) is 1. The van der Waals surface area contributed by atoms with E-state index in [4.69, 9.17) is 4.74 Å². The van der Waals surface area contributed by atoms with E-state index in [0.29, 0.717) is 25.2 Å². The molecule has 3 aliphatic rings. The maximum absolute atomic E-state index is 11.3. The number of carbonyl (C=O) groups is 1. The van der Waals surface area contributed by atoms with Crippen molar-refractivity contribution < 1.29 is 9.53 Å². The van der Waals surface area contributed by atoms with Crippen LogP contribution < -0.4 is 0 Å². The van der Waals surface area contributed by atoms with E-state index in [2.05, 4.69) is 9.89 Å². The molecule has 0 saturated heterocycles. The fourth-order valence-electron chi connectivity index (χ4n) is 2.67. The van der Waals surface area contributed by atoms with E-state index < -0.39 is 0 Å². The molecular formula is C11H14N2O2. The Morgan fingerprint density at radius 1 is 1.40 bits per heavy atom. The average molecular weight is 206 g/mol. The van der Waals surface area contributed by atoms with Crippen LogP contribution in [0.3, 0.4) is 0 Å². The lowest BCUT2D eigenvalue weighted by Gasteiger charge is -2.46. The summed E-state index contributed by atoms with van der Waals surface area (Å²) in [6, 6.07) is 0. The number of hydrogen-bond donors (Lipinski definition) is 0. The summed E-state index contributed by atoms with van der Waals surface area (Å²) in [5.41, 5.74) is 0.0362. The first kappa shape index (κ1) is 8.95. The standard InChI is InChI=1S/C11H14N2O2/c14-9-1-3-11(4-2-9)8-15-7-10-12-5-6-13(10)11/h5,7H,1-4,6,8H2. The molecule has 0 unspecified atom stereocenters. The van der Waals surface area contributed by atoms with Gasteiger partial charge in [-0.3, -0.25) is 4.79 Å². The van der Waals surface area contributed by atoms with Crippen molar-refractivity contribution in [1.82, 2.24) is 4.90 Å². The first-order valence-electron chi connectivity index (χ1n) is 5.44. The van der Waals surface area contributed by atoms with Gasteiger partial charge in [0.15, 0.2) is 5.82 Å². The molecule has 0 aromatic rings. The third kappa shape index (κ3) is 1.28. The van der Waals surface area contributed by atoms with Gasteiger partial charge >= 0.3 is 0 Å². The zero-order chi connectivity index (χ0) is 10.3. The number of nitrogens with zero attached hydrogens (tertiary/aromatic N) is 2. The lowest BCUT2D eigenvalue weighted by atomic mass is 9.80. The normalized spacial score (nSPS) is 27.6. The third-order valence-corrected chi connectivity index (χ3v) is 3.62. The average Bonchev–Trinajstić information content (AvgIpc) is 2.72. The molecule has 2 heterocycles. The second-order valence-corrected chi connectivity index (χ2v) is 4.47. The highest BCUT2D eigenvalue weighted by Gasteiger charge is 2.44. The topological polar surface area (TPSA) is 41.9 Å². The second kappa shape index (κ2) is 3.08. The van der Waals surface area contributed by atoms with Crippen molar-refractivity contribution in [2.75, 3.05) is 13.2 Å². The van der Waals surface area contributed by atoms with Crippen molar-refractivity contribution in [3.8, 4) is 0 Å². The quantitative estimate of drug-likeness (QED) is 0.595. The van der Waals surface area contributed by atoms with Gasteiger partial charge in [-0.15, -0.1) is 0 Å². The molecule has 0 bridgehead atoms. The summed E-state index contributed by atoms with van der Waals surface area (Å²) in [6.07, 6.45) is 6.84. The van der Waals surface area contributed by atoms with E-state index >= 15 is 0 Å². The number of ether oxygens (including phenoxy) is 1. The Hall–Kier alpha value is -1.32. The monoisotopic (exact) mass is 206 g/mol. The van der Waals surface area contributed by atoms with E-state index in [0.717, 1.165) is 25.2 Å². The highest BCUT2D eigenvalue weighted by atomic mass is 16.5. The molecule has 4 heteroatoms. The fourth-order valence-corrected chi connectivity index (χ4v) is 2.67. The molecular weight excluding hydrogens is 192 g/mol. The summed E-state index contributed by atoms with van der Waals surface area (Å²) in [5, 5.41) is 0. The van der Waals surface area contributed by atoms with Gasteiger partial charge in [0.05, 0.1) is 12.1 Å². The molecule has 1 fully saturated rings. The number of aliphatic imine (C=N–C) groups is 1. The van der Waals surface area contributed by atoms with Crippen LogP contribution in [0.15, 0.2) is 17.1 Å². The molecule has 0 aromatic heterocycles. The van der Waals surface area contributed by atoms with E-state index in [9.17, 15) is 4.79 Å². The fraction of sp³-hybridized carbons (Fsp3) is 0.636.